The van der Waals surface area contributed by atoms with E-state index in [1.807, 2.05) is 24.4 Å². The van der Waals surface area contributed by atoms with Gasteiger partial charge in [-0.2, -0.15) is 0 Å². The van der Waals surface area contributed by atoms with Crippen LogP contribution in [-0.4, -0.2) is 92.8 Å². The molecule has 10 nitrogen and oxygen atoms in total. The molecule has 0 amide bonds. The number of allylic oxidation sites excluding steroid dienone is 3. The van der Waals surface area contributed by atoms with E-state index in [0.717, 1.165) is 79.3 Å². The van der Waals surface area contributed by atoms with Crippen LogP contribution in [0.4, 0.5) is 0 Å². The minimum absolute atomic E-state index is 0.0162. The topological polar surface area (TPSA) is 173 Å². The molecule has 320 valence electrons. The maximum absolute atomic E-state index is 12.4. The third kappa shape index (κ3) is 9.13. The summed E-state index contributed by atoms with van der Waals surface area (Å²) in [7, 11) is 3.28. The standard InChI is InChI=1S/C47H63N3O7S2/c1-2-47-12-3-5-28(9-13-47)45(56-18-17-51)43-31(10-14-47)19-29-7-8-30-21-39(53)41(24-37(30)36(29)23-40(43)54)57-42-22-32(20-34-6-4-15-49-34)35-11-16-50-46(48)38(35)27-59-58-26-33(25-52)44(42)55/h4,6,11,15,19,21,24,28,31-33,36,40,42-45,49-55H,2-3,5,7-9,12-13,16-18,20,22-23,25-27,48H2,1H3. The van der Waals surface area contributed by atoms with E-state index in [-0.39, 0.29) is 66.7 Å². The number of ether oxygens (including phenoxy) is 2. The number of aryl methyl sites for hydroxylation is 1. The van der Waals surface area contributed by atoms with E-state index >= 15 is 0 Å². The fourth-order valence-corrected chi connectivity index (χ4v) is 13.6. The molecule has 1 saturated carbocycles. The van der Waals surface area contributed by atoms with Gasteiger partial charge in [-0.1, -0.05) is 64.5 Å². The first-order chi connectivity index (χ1) is 28.7. The van der Waals surface area contributed by atoms with Gasteiger partial charge in [0.2, 0.25) is 0 Å². The van der Waals surface area contributed by atoms with Gasteiger partial charge in [-0.25, -0.2) is 0 Å². The minimum atomic E-state index is -1.02. The van der Waals surface area contributed by atoms with E-state index < -0.39 is 24.2 Å². The van der Waals surface area contributed by atoms with E-state index in [4.69, 9.17) is 15.2 Å². The van der Waals surface area contributed by atoms with Crippen molar-refractivity contribution in [2.24, 2.45) is 40.7 Å². The van der Waals surface area contributed by atoms with Gasteiger partial charge in [-0.3, -0.25) is 0 Å². The molecular weight excluding hydrogens is 783 g/mol. The summed E-state index contributed by atoms with van der Waals surface area (Å²) in [5.74, 6) is 8.92. The monoisotopic (exact) mass is 845 g/mol. The highest BCUT2D eigenvalue weighted by Crippen LogP contribution is 2.51. The Bertz CT molecular complexity index is 1940. The molecule has 2 aliphatic heterocycles. The number of H-pyrrole nitrogens is 1. The normalized spacial score (nSPS) is 34.8. The molecule has 11 atom stereocenters. The number of hydrogen-bond acceptors (Lipinski definition) is 11. The Kier molecular flexibility index (Phi) is 13.7. The Balaban J connectivity index is 1.15. The zero-order valence-electron chi connectivity index (χ0n) is 34.3. The van der Waals surface area contributed by atoms with E-state index in [1.165, 1.54) is 5.57 Å². The Morgan fingerprint density at radius 1 is 1.08 bits per heavy atom. The second-order valence-electron chi connectivity index (χ2n) is 17.8. The Hall–Kier alpha value is -3.02. The fourth-order valence-electron chi connectivity index (χ4n) is 11.1. The summed E-state index contributed by atoms with van der Waals surface area (Å²) >= 11 is 0. The lowest BCUT2D eigenvalue weighted by molar-refractivity contribution is -0.0855. The van der Waals surface area contributed by atoms with Crippen LogP contribution in [0.3, 0.4) is 0 Å². The van der Waals surface area contributed by atoms with Crippen molar-refractivity contribution in [3.63, 3.8) is 0 Å². The molecule has 1 aromatic heterocycles. The summed E-state index contributed by atoms with van der Waals surface area (Å²) in [6.45, 7) is 2.83. The van der Waals surface area contributed by atoms with Crippen molar-refractivity contribution in [1.29, 1.82) is 0 Å². The van der Waals surface area contributed by atoms with Crippen molar-refractivity contribution in [2.45, 2.75) is 108 Å². The molecule has 0 radical (unpaired) electrons. The predicted octanol–water partition coefficient (Wildman–Crippen LogP) is 6.11. The first-order valence-electron chi connectivity index (χ1n) is 22.0. The Morgan fingerprint density at radius 2 is 1.97 bits per heavy atom. The summed E-state index contributed by atoms with van der Waals surface area (Å²) in [6, 6.07) is 7.81. The van der Waals surface area contributed by atoms with E-state index in [2.05, 4.69) is 47.3 Å². The van der Waals surface area contributed by atoms with Gasteiger partial charge in [-0.15, -0.1) is 0 Å². The summed E-state index contributed by atoms with van der Waals surface area (Å²) in [6.07, 6.45) is 13.1. The van der Waals surface area contributed by atoms with Gasteiger partial charge in [0.1, 0.15) is 11.9 Å². The maximum atomic E-state index is 12.4. The number of benzene rings is 1. The molecule has 11 unspecified atom stereocenters. The third-order valence-electron chi connectivity index (χ3n) is 14.4. The average molecular weight is 846 g/mol. The first-order valence-corrected chi connectivity index (χ1v) is 24.4. The maximum Gasteiger partial charge on any atom is 0.161 e. The smallest absolute Gasteiger partial charge is 0.161 e. The molecule has 1 saturated heterocycles. The highest BCUT2D eigenvalue weighted by atomic mass is 33.1. The lowest BCUT2D eigenvalue weighted by atomic mass is 9.75. The van der Waals surface area contributed by atoms with Gasteiger partial charge in [0, 0.05) is 71.2 Å². The number of nitrogens with two attached hydrogens (primary N) is 1. The number of phenols is 1. The summed E-state index contributed by atoms with van der Waals surface area (Å²) < 4.78 is 13.4. The molecule has 59 heavy (non-hydrogen) atoms. The molecule has 12 heteroatoms. The highest BCUT2D eigenvalue weighted by Gasteiger charge is 2.46. The predicted molar refractivity (Wildman–Crippen MR) is 235 cm³/mol. The molecule has 8 rings (SSSR count). The van der Waals surface area contributed by atoms with Crippen LogP contribution in [0.25, 0.3) is 0 Å². The molecule has 6 aliphatic rings. The third-order valence-corrected chi connectivity index (χ3v) is 16.8. The molecule has 3 heterocycles. The van der Waals surface area contributed by atoms with Gasteiger partial charge in [0.05, 0.1) is 31.5 Å². The van der Waals surface area contributed by atoms with Gasteiger partial charge in [0.25, 0.3) is 0 Å². The summed E-state index contributed by atoms with van der Waals surface area (Å²) in [5.41, 5.74) is 13.1. The zero-order chi connectivity index (χ0) is 41.1. The first kappa shape index (κ1) is 42.7. The molecule has 2 bridgehead atoms. The van der Waals surface area contributed by atoms with Crippen LogP contribution < -0.4 is 15.8 Å². The zero-order valence-corrected chi connectivity index (χ0v) is 35.9. The minimum Gasteiger partial charge on any atom is -0.504 e. The number of dihydropyridines is 1. The number of rotatable bonds is 9. The SMILES string of the molecule is CCC12C#CC3C=C4CCc5cc(O)c(OC6CC(Cc7ccc[nH]7)C7=CCNC(N)=C7CSSCC(CO)C6O)cc5C4CC(O)C3C(OCCO)C(CCC1)CC2. The number of phenolic OH excluding ortho intramolecular Hbond substituents is 1. The number of fused-ring (bicyclic) bond motifs is 8. The number of nitrogens with one attached hydrogen (secondary N) is 2. The molecule has 0 spiro atoms. The van der Waals surface area contributed by atoms with Crippen LogP contribution in [0, 0.1) is 46.8 Å². The summed E-state index contributed by atoms with van der Waals surface area (Å²) in [4.78, 5) is 3.36. The molecule has 2 aromatic rings. The molecule has 9 N–H and O–H groups in total. The van der Waals surface area contributed by atoms with Crippen LogP contribution >= 0.6 is 21.6 Å². The van der Waals surface area contributed by atoms with Gasteiger partial charge in [0.15, 0.2) is 11.5 Å². The molecule has 1 aromatic carbocycles. The molecule has 2 fully saturated rings. The number of hydrogen-bond donors (Lipinski definition) is 8. The van der Waals surface area contributed by atoms with Crippen molar-refractivity contribution < 1.29 is 35.0 Å². The fraction of sp³-hybridized carbons (Fsp3) is 0.617. The average Bonchev–Trinajstić information content (AvgIpc) is 3.61. The van der Waals surface area contributed by atoms with Crippen molar-refractivity contribution in [2.75, 3.05) is 37.9 Å². The Labute approximate surface area is 357 Å². The Morgan fingerprint density at radius 3 is 2.76 bits per heavy atom. The number of aliphatic hydroxyl groups is 4. The van der Waals surface area contributed by atoms with E-state index in [9.17, 15) is 25.5 Å². The largest absolute Gasteiger partial charge is 0.504 e. The second-order valence-corrected chi connectivity index (χ2v) is 20.3. The van der Waals surface area contributed by atoms with Crippen LogP contribution in [0.2, 0.25) is 0 Å². The second kappa shape index (κ2) is 18.9. The van der Waals surface area contributed by atoms with Crippen LogP contribution in [-0.2, 0) is 17.6 Å². The number of aromatic nitrogens is 1. The molecule has 4 aliphatic carbocycles. The lowest BCUT2D eigenvalue weighted by Crippen LogP contribution is -2.43. The lowest BCUT2D eigenvalue weighted by Gasteiger charge is -2.38. The van der Waals surface area contributed by atoms with Crippen molar-refractivity contribution in [1.82, 2.24) is 10.3 Å². The van der Waals surface area contributed by atoms with Crippen LogP contribution in [0.5, 0.6) is 11.5 Å². The van der Waals surface area contributed by atoms with Crippen molar-refractivity contribution in [3.8, 4) is 23.3 Å². The van der Waals surface area contributed by atoms with Gasteiger partial charge >= 0.3 is 0 Å². The summed E-state index contributed by atoms with van der Waals surface area (Å²) in [5, 5.41) is 59.9. The number of aromatic hydroxyl groups is 1. The van der Waals surface area contributed by atoms with Gasteiger partial charge in [-0.05, 0) is 117 Å². The van der Waals surface area contributed by atoms with E-state index in [0.29, 0.717) is 48.9 Å². The van der Waals surface area contributed by atoms with E-state index in [1.54, 1.807) is 21.6 Å². The highest BCUT2D eigenvalue weighted by molar-refractivity contribution is 8.76. The van der Waals surface area contributed by atoms with Crippen LogP contribution in [0.15, 0.2) is 65.2 Å². The van der Waals surface area contributed by atoms with Crippen LogP contribution in [0.1, 0.15) is 87.4 Å². The number of aromatic amines is 1. The molecular formula is C47H63N3O7S2. The van der Waals surface area contributed by atoms with Gasteiger partial charge < -0.3 is 51.0 Å². The van der Waals surface area contributed by atoms with Crippen molar-refractivity contribution >= 4 is 21.6 Å². The van der Waals surface area contributed by atoms with Crippen molar-refractivity contribution in [3.05, 3.63) is 82.0 Å². The number of aliphatic hydroxyl groups excluding tert-OH is 4. The quantitative estimate of drug-likeness (QED) is 0.0833.